The number of ether oxygens (including phenoxy) is 1. The van der Waals surface area contributed by atoms with Crippen molar-refractivity contribution in [3.63, 3.8) is 0 Å². The quantitative estimate of drug-likeness (QED) is 0.845. The molecule has 0 spiro atoms. The number of sulfonamides is 1. The van der Waals surface area contributed by atoms with E-state index in [1.165, 1.54) is 19.1 Å². The van der Waals surface area contributed by atoms with Gasteiger partial charge in [0.15, 0.2) is 0 Å². The highest BCUT2D eigenvalue weighted by molar-refractivity contribution is 9.10. The fraction of sp³-hybridized carbons (Fsp3) is 0.417. The number of hydrogen-bond acceptors (Lipinski definition) is 4. The van der Waals surface area contributed by atoms with Gasteiger partial charge in [0.1, 0.15) is 0 Å². The van der Waals surface area contributed by atoms with Crippen molar-refractivity contribution in [2.24, 2.45) is 5.14 Å². The molecule has 5 nitrogen and oxygen atoms in total. The molecule has 0 aliphatic rings. The smallest absolute Gasteiger partial charge is 0.338 e. The number of hydrogen-bond donors (Lipinski definition) is 1. The summed E-state index contributed by atoms with van der Waals surface area (Å²) in [5, 5.41) is 5.12. The number of carbonyl (C=O) groups excluding carboxylic acids is 1. The van der Waals surface area contributed by atoms with Crippen LogP contribution in [0.4, 0.5) is 0 Å². The predicted octanol–water partition coefficient (Wildman–Crippen LogP) is 2.36. The van der Waals surface area contributed by atoms with Gasteiger partial charge in [0.05, 0.1) is 16.6 Å². The average Bonchev–Trinajstić information content (AvgIpc) is 2.29. The monoisotopic (exact) mass is 349 g/mol. The minimum Gasteiger partial charge on any atom is -0.459 e. The molecule has 0 aliphatic heterocycles. The molecule has 2 N–H and O–H groups in total. The molecule has 0 saturated carbocycles. The van der Waals surface area contributed by atoms with Crippen LogP contribution in [0.25, 0.3) is 0 Å². The molecule has 1 atom stereocenters. The molecular weight excluding hydrogens is 334 g/mol. The van der Waals surface area contributed by atoms with Crippen molar-refractivity contribution in [3.8, 4) is 0 Å². The third-order valence-electron chi connectivity index (χ3n) is 2.73. The van der Waals surface area contributed by atoms with E-state index in [2.05, 4.69) is 15.9 Å². The van der Waals surface area contributed by atoms with Crippen LogP contribution in [0.15, 0.2) is 21.5 Å². The van der Waals surface area contributed by atoms with Crippen molar-refractivity contribution in [1.82, 2.24) is 0 Å². The van der Waals surface area contributed by atoms with E-state index in [0.717, 1.165) is 0 Å². The van der Waals surface area contributed by atoms with Crippen molar-refractivity contribution < 1.29 is 17.9 Å². The molecular formula is C12H16BrNO4S. The summed E-state index contributed by atoms with van der Waals surface area (Å²) in [4.78, 5) is 11.9. The van der Waals surface area contributed by atoms with Crippen molar-refractivity contribution in [1.29, 1.82) is 0 Å². The molecule has 7 heteroatoms. The Morgan fingerprint density at radius 1 is 1.47 bits per heavy atom. The average molecular weight is 350 g/mol. The van der Waals surface area contributed by atoms with Crippen molar-refractivity contribution in [2.45, 2.75) is 38.2 Å². The molecule has 19 heavy (non-hydrogen) atoms. The van der Waals surface area contributed by atoms with Crippen LogP contribution < -0.4 is 5.14 Å². The maximum atomic E-state index is 12.0. The zero-order valence-corrected chi connectivity index (χ0v) is 13.3. The SMILES string of the molecule is CCC(C)OC(=O)c1cc(Br)cc(S(N)(=O)=O)c1C. The van der Waals surface area contributed by atoms with Gasteiger partial charge in [0.2, 0.25) is 10.0 Å². The first kappa shape index (κ1) is 16.1. The molecule has 106 valence electrons. The molecule has 0 bridgehead atoms. The van der Waals surface area contributed by atoms with Crippen LogP contribution >= 0.6 is 15.9 Å². The van der Waals surface area contributed by atoms with Gasteiger partial charge < -0.3 is 4.74 Å². The third-order valence-corrected chi connectivity index (χ3v) is 4.23. The van der Waals surface area contributed by atoms with E-state index in [-0.39, 0.29) is 16.6 Å². The van der Waals surface area contributed by atoms with E-state index >= 15 is 0 Å². The van der Waals surface area contributed by atoms with Crippen LogP contribution in [-0.2, 0) is 14.8 Å². The highest BCUT2D eigenvalue weighted by Crippen LogP contribution is 2.25. The molecule has 0 aromatic heterocycles. The first-order valence-corrected chi connectivity index (χ1v) is 8.04. The van der Waals surface area contributed by atoms with E-state index in [1.54, 1.807) is 6.92 Å². The van der Waals surface area contributed by atoms with Crippen LogP contribution in [-0.4, -0.2) is 20.5 Å². The number of primary sulfonamides is 1. The second-order valence-corrected chi connectivity index (χ2v) is 6.69. The lowest BCUT2D eigenvalue weighted by atomic mass is 10.1. The maximum absolute atomic E-state index is 12.0. The summed E-state index contributed by atoms with van der Waals surface area (Å²) in [6, 6.07) is 2.89. The standard InChI is InChI=1S/C12H16BrNO4S/c1-4-7(2)18-12(15)10-5-9(13)6-11(8(10)3)19(14,16)17/h5-7H,4H2,1-3H3,(H2,14,16,17). The Balaban J connectivity index is 3.30. The largest absolute Gasteiger partial charge is 0.459 e. The minimum atomic E-state index is -3.88. The summed E-state index contributed by atoms with van der Waals surface area (Å²) < 4.78 is 28.6. The van der Waals surface area contributed by atoms with E-state index in [4.69, 9.17) is 9.88 Å². The molecule has 0 fully saturated rings. The molecule has 0 heterocycles. The Hall–Kier alpha value is -0.920. The zero-order chi connectivity index (χ0) is 14.8. The summed E-state index contributed by atoms with van der Waals surface area (Å²) in [7, 11) is -3.88. The molecule has 1 unspecified atom stereocenters. The molecule has 1 aromatic rings. The third kappa shape index (κ3) is 4.02. The highest BCUT2D eigenvalue weighted by atomic mass is 79.9. The Kier molecular flexibility index (Phi) is 5.11. The molecule has 0 radical (unpaired) electrons. The van der Waals surface area contributed by atoms with Crippen LogP contribution in [0, 0.1) is 6.92 Å². The molecule has 1 aromatic carbocycles. The number of rotatable bonds is 4. The number of carbonyl (C=O) groups is 1. The van der Waals surface area contributed by atoms with Gasteiger partial charge in [-0.05, 0) is 38.0 Å². The number of benzene rings is 1. The van der Waals surface area contributed by atoms with Gasteiger partial charge in [-0.25, -0.2) is 18.4 Å². The second kappa shape index (κ2) is 6.02. The minimum absolute atomic E-state index is 0.0852. The number of esters is 1. The maximum Gasteiger partial charge on any atom is 0.338 e. The lowest BCUT2D eigenvalue weighted by Gasteiger charge is -2.14. The van der Waals surface area contributed by atoms with Gasteiger partial charge in [0.25, 0.3) is 0 Å². The molecule has 1 rings (SSSR count). The van der Waals surface area contributed by atoms with Gasteiger partial charge in [-0.1, -0.05) is 22.9 Å². The summed E-state index contributed by atoms with van der Waals surface area (Å²) in [6.45, 7) is 5.19. The Bertz CT molecular complexity index is 598. The van der Waals surface area contributed by atoms with Gasteiger partial charge in [-0.15, -0.1) is 0 Å². The molecule has 0 aliphatic carbocycles. The normalized spacial score (nSPS) is 13.1. The molecule has 0 saturated heterocycles. The van der Waals surface area contributed by atoms with Gasteiger partial charge in [-0.2, -0.15) is 0 Å². The summed E-state index contributed by atoms with van der Waals surface area (Å²) in [5.41, 5.74) is 0.484. The van der Waals surface area contributed by atoms with E-state index in [1.807, 2.05) is 6.92 Å². The van der Waals surface area contributed by atoms with Crippen molar-refractivity contribution >= 4 is 31.9 Å². The summed E-state index contributed by atoms with van der Waals surface area (Å²) >= 11 is 3.16. The van der Waals surface area contributed by atoms with Crippen LogP contribution in [0.5, 0.6) is 0 Å². The Morgan fingerprint density at radius 2 is 2.05 bits per heavy atom. The summed E-state index contributed by atoms with van der Waals surface area (Å²) in [5.74, 6) is -0.557. The van der Waals surface area contributed by atoms with E-state index < -0.39 is 16.0 Å². The Labute approximate surface area is 121 Å². The fourth-order valence-electron chi connectivity index (χ4n) is 1.49. The fourth-order valence-corrected chi connectivity index (χ4v) is 2.93. The topological polar surface area (TPSA) is 86.5 Å². The van der Waals surface area contributed by atoms with E-state index in [9.17, 15) is 13.2 Å². The van der Waals surface area contributed by atoms with Crippen molar-refractivity contribution in [2.75, 3.05) is 0 Å². The van der Waals surface area contributed by atoms with E-state index in [0.29, 0.717) is 16.5 Å². The van der Waals surface area contributed by atoms with Crippen LogP contribution in [0.1, 0.15) is 36.2 Å². The van der Waals surface area contributed by atoms with Gasteiger partial charge >= 0.3 is 5.97 Å². The second-order valence-electron chi connectivity index (χ2n) is 4.25. The van der Waals surface area contributed by atoms with Crippen LogP contribution in [0.3, 0.4) is 0 Å². The molecule has 0 amide bonds. The first-order valence-electron chi connectivity index (χ1n) is 5.70. The van der Waals surface area contributed by atoms with Crippen molar-refractivity contribution in [3.05, 3.63) is 27.7 Å². The zero-order valence-electron chi connectivity index (χ0n) is 10.9. The van der Waals surface area contributed by atoms with Gasteiger partial charge in [0, 0.05) is 4.47 Å². The highest BCUT2D eigenvalue weighted by Gasteiger charge is 2.21. The predicted molar refractivity (Wildman–Crippen MR) is 75.4 cm³/mol. The van der Waals surface area contributed by atoms with Crippen LogP contribution in [0.2, 0.25) is 0 Å². The van der Waals surface area contributed by atoms with Gasteiger partial charge in [-0.3, -0.25) is 0 Å². The lowest BCUT2D eigenvalue weighted by Crippen LogP contribution is -2.18. The number of nitrogens with two attached hydrogens (primary N) is 1. The summed E-state index contributed by atoms with van der Waals surface area (Å²) in [6.07, 6.45) is 0.449. The first-order chi connectivity index (χ1) is 8.66. The Morgan fingerprint density at radius 3 is 2.53 bits per heavy atom. The lowest BCUT2D eigenvalue weighted by molar-refractivity contribution is 0.0333. The number of halogens is 1.